The van der Waals surface area contributed by atoms with Crippen molar-refractivity contribution in [2.75, 3.05) is 0 Å². The van der Waals surface area contributed by atoms with Gasteiger partial charge in [0, 0.05) is 17.1 Å². The lowest BCUT2D eigenvalue weighted by Gasteiger charge is -2.09. The maximum Gasteiger partial charge on any atom is 0.417 e. The third-order valence-corrected chi connectivity index (χ3v) is 3.68. The molecule has 2 aromatic rings. The SMILES string of the molecule is Cc1ccc(C(=O)Cn2cc(C(F)(F)F)ccc2=O)s1. The monoisotopic (exact) mass is 301 g/mol. The summed E-state index contributed by atoms with van der Waals surface area (Å²) in [6.45, 7) is 1.42. The molecule has 0 atom stereocenters. The summed E-state index contributed by atoms with van der Waals surface area (Å²) < 4.78 is 38.5. The summed E-state index contributed by atoms with van der Waals surface area (Å²) in [4.78, 5) is 24.8. The predicted molar refractivity (Wildman–Crippen MR) is 69.1 cm³/mol. The Balaban J connectivity index is 2.29. The number of hydrogen-bond donors (Lipinski definition) is 0. The standard InChI is InChI=1S/C13H10F3NO2S/c1-8-2-4-11(20-8)10(18)7-17-6-9(13(14,15)16)3-5-12(17)19/h2-6H,7H2,1H3. The van der Waals surface area contributed by atoms with Crippen LogP contribution in [0, 0.1) is 6.92 Å². The van der Waals surface area contributed by atoms with Crippen LogP contribution in [0.5, 0.6) is 0 Å². The molecule has 0 saturated carbocycles. The van der Waals surface area contributed by atoms with Gasteiger partial charge in [-0.25, -0.2) is 0 Å². The molecule has 0 fully saturated rings. The number of rotatable bonds is 3. The van der Waals surface area contributed by atoms with Crippen LogP contribution in [0.15, 0.2) is 35.3 Å². The topological polar surface area (TPSA) is 39.1 Å². The Kier molecular flexibility index (Phi) is 3.80. The van der Waals surface area contributed by atoms with E-state index >= 15 is 0 Å². The lowest BCUT2D eigenvalue weighted by Crippen LogP contribution is -2.24. The average Bonchev–Trinajstić information content (AvgIpc) is 2.77. The number of ketones is 1. The molecule has 2 heterocycles. The van der Waals surface area contributed by atoms with Crippen molar-refractivity contribution in [1.29, 1.82) is 0 Å². The normalized spacial score (nSPS) is 11.6. The van der Waals surface area contributed by atoms with Gasteiger partial charge in [0.2, 0.25) is 0 Å². The molecular weight excluding hydrogens is 291 g/mol. The van der Waals surface area contributed by atoms with Crippen LogP contribution in [0.25, 0.3) is 0 Å². The maximum absolute atomic E-state index is 12.6. The number of halogens is 3. The van der Waals surface area contributed by atoms with Crippen LogP contribution in [-0.4, -0.2) is 10.4 Å². The summed E-state index contributed by atoms with van der Waals surface area (Å²) in [7, 11) is 0. The first-order valence-corrected chi connectivity index (χ1v) is 6.46. The molecule has 0 N–H and O–H groups in total. The Morgan fingerprint density at radius 1 is 1.25 bits per heavy atom. The number of alkyl halides is 3. The first-order chi connectivity index (χ1) is 9.27. The minimum absolute atomic E-state index is 0.385. The van der Waals surface area contributed by atoms with E-state index in [-0.39, 0.29) is 5.78 Å². The second-order valence-electron chi connectivity index (χ2n) is 4.22. The van der Waals surface area contributed by atoms with E-state index in [9.17, 15) is 22.8 Å². The van der Waals surface area contributed by atoms with E-state index in [1.54, 1.807) is 12.1 Å². The van der Waals surface area contributed by atoms with Gasteiger partial charge in [0.15, 0.2) is 5.78 Å². The van der Waals surface area contributed by atoms with Gasteiger partial charge in [-0.05, 0) is 25.1 Å². The molecule has 2 aromatic heterocycles. The number of aryl methyl sites for hydroxylation is 1. The Hall–Kier alpha value is -1.89. The zero-order valence-corrected chi connectivity index (χ0v) is 11.2. The number of carbonyl (C=O) groups excluding carboxylic acids is 1. The second-order valence-corrected chi connectivity index (χ2v) is 5.50. The van der Waals surface area contributed by atoms with Crippen molar-refractivity contribution in [3.05, 3.63) is 56.1 Å². The van der Waals surface area contributed by atoms with Crippen LogP contribution in [-0.2, 0) is 12.7 Å². The van der Waals surface area contributed by atoms with Gasteiger partial charge in [0.25, 0.3) is 5.56 Å². The minimum Gasteiger partial charge on any atom is -0.307 e. The largest absolute Gasteiger partial charge is 0.417 e. The fourth-order valence-corrected chi connectivity index (χ4v) is 2.44. The van der Waals surface area contributed by atoms with E-state index in [0.29, 0.717) is 17.1 Å². The van der Waals surface area contributed by atoms with Crippen LogP contribution >= 0.6 is 11.3 Å². The van der Waals surface area contributed by atoms with Crippen LogP contribution in [0.2, 0.25) is 0 Å². The smallest absolute Gasteiger partial charge is 0.307 e. The molecule has 0 spiro atoms. The second kappa shape index (κ2) is 5.24. The van der Waals surface area contributed by atoms with Gasteiger partial charge in [-0.3, -0.25) is 9.59 Å². The summed E-state index contributed by atoms with van der Waals surface area (Å²) in [6.07, 6.45) is -3.88. The Morgan fingerprint density at radius 3 is 2.50 bits per heavy atom. The van der Waals surface area contributed by atoms with Crippen molar-refractivity contribution in [3.63, 3.8) is 0 Å². The summed E-state index contributed by atoms with van der Waals surface area (Å²) >= 11 is 1.24. The predicted octanol–water partition coefficient (Wildman–Crippen LogP) is 3.12. The van der Waals surface area contributed by atoms with Gasteiger partial charge in [-0.2, -0.15) is 13.2 Å². The number of hydrogen-bond acceptors (Lipinski definition) is 3. The maximum atomic E-state index is 12.6. The zero-order chi connectivity index (χ0) is 14.9. The molecule has 3 nitrogen and oxygen atoms in total. The molecule has 0 unspecified atom stereocenters. The summed E-state index contributed by atoms with van der Waals surface area (Å²) in [5.74, 6) is -0.385. The third-order valence-electron chi connectivity index (χ3n) is 2.64. The summed E-state index contributed by atoms with van der Waals surface area (Å²) in [6, 6.07) is 4.86. The van der Waals surface area contributed by atoms with E-state index in [1.807, 2.05) is 6.92 Å². The average molecular weight is 301 g/mol. The molecule has 0 bridgehead atoms. The Labute approximate surface area is 116 Å². The molecule has 0 radical (unpaired) electrons. The van der Waals surface area contributed by atoms with E-state index in [2.05, 4.69) is 0 Å². The van der Waals surface area contributed by atoms with Crippen molar-refractivity contribution in [2.45, 2.75) is 19.6 Å². The fraction of sp³-hybridized carbons (Fsp3) is 0.231. The zero-order valence-electron chi connectivity index (χ0n) is 10.4. The van der Waals surface area contributed by atoms with E-state index < -0.39 is 23.8 Å². The van der Waals surface area contributed by atoms with Gasteiger partial charge in [0.05, 0.1) is 17.0 Å². The molecule has 0 aliphatic carbocycles. The highest BCUT2D eigenvalue weighted by molar-refractivity contribution is 7.14. The lowest BCUT2D eigenvalue weighted by molar-refractivity contribution is -0.138. The quantitative estimate of drug-likeness (QED) is 0.817. The summed E-state index contributed by atoms with van der Waals surface area (Å²) in [5.41, 5.74) is -1.59. The van der Waals surface area contributed by atoms with Crippen molar-refractivity contribution in [2.24, 2.45) is 0 Å². The lowest BCUT2D eigenvalue weighted by atomic mass is 10.2. The number of Topliss-reactive ketones (excluding diaryl/α,β-unsaturated/α-hetero) is 1. The Bertz CT molecular complexity index is 700. The molecule has 20 heavy (non-hydrogen) atoms. The molecule has 7 heteroatoms. The third kappa shape index (κ3) is 3.16. The van der Waals surface area contributed by atoms with Crippen molar-refractivity contribution in [1.82, 2.24) is 4.57 Å². The molecule has 0 saturated heterocycles. The molecular formula is C13H10F3NO2S. The highest BCUT2D eigenvalue weighted by atomic mass is 32.1. The van der Waals surface area contributed by atoms with Gasteiger partial charge < -0.3 is 4.57 Å². The van der Waals surface area contributed by atoms with E-state index in [0.717, 1.165) is 15.5 Å². The van der Waals surface area contributed by atoms with Gasteiger partial charge in [0.1, 0.15) is 0 Å². The number of nitrogens with zero attached hydrogens (tertiary/aromatic N) is 1. The van der Waals surface area contributed by atoms with E-state index in [1.165, 1.54) is 11.3 Å². The van der Waals surface area contributed by atoms with Crippen molar-refractivity contribution in [3.8, 4) is 0 Å². The fourth-order valence-electron chi connectivity index (χ4n) is 1.64. The minimum atomic E-state index is -4.54. The Morgan fingerprint density at radius 2 is 1.95 bits per heavy atom. The number of aromatic nitrogens is 1. The van der Waals surface area contributed by atoms with Crippen molar-refractivity contribution < 1.29 is 18.0 Å². The number of thiophene rings is 1. The molecule has 0 amide bonds. The van der Waals surface area contributed by atoms with Crippen LogP contribution in [0.1, 0.15) is 20.1 Å². The van der Waals surface area contributed by atoms with Crippen LogP contribution in [0.3, 0.4) is 0 Å². The van der Waals surface area contributed by atoms with Crippen molar-refractivity contribution >= 4 is 17.1 Å². The molecule has 0 aromatic carbocycles. The molecule has 0 aliphatic rings. The molecule has 106 valence electrons. The first kappa shape index (κ1) is 14.5. The molecule has 2 rings (SSSR count). The van der Waals surface area contributed by atoms with Gasteiger partial charge in [-0.1, -0.05) is 0 Å². The van der Waals surface area contributed by atoms with Crippen LogP contribution in [0.4, 0.5) is 13.2 Å². The highest BCUT2D eigenvalue weighted by Gasteiger charge is 2.31. The number of pyridine rings is 1. The summed E-state index contributed by atoms with van der Waals surface area (Å²) in [5, 5.41) is 0. The van der Waals surface area contributed by atoms with Gasteiger partial charge >= 0.3 is 6.18 Å². The first-order valence-electron chi connectivity index (χ1n) is 5.65. The van der Waals surface area contributed by atoms with Gasteiger partial charge in [-0.15, -0.1) is 11.3 Å². The molecule has 0 aliphatic heterocycles. The van der Waals surface area contributed by atoms with Crippen LogP contribution < -0.4 is 5.56 Å². The number of carbonyl (C=O) groups is 1. The van der Waals surface area contributed by atoms with E-state index in [4.69, 9.17) is 0 Å². The highest BCUT2D eigenvalue weighted by Crippen LogP contribution is 2.28.